The van der Waals surface area contributed by atoms with Crippen LogP contribution in [0.4, 0.5) is 0 Å². The summed E-state index contributed by atoms with van der Waals surface area (Å²) in [5.74, 6) is -0.235. The van der Waals surface area contributed by atoms with E-state index in [0.717, 1.165) is 6.26 Å². The number of furan rings is 1. The van der Waals surface area contributed by atoms with Gasteiger partial charge in [-0.05, 0) is 41.9 Å². The average Bonchev–Trinajstić information content (AvgIpc) is 2.57. The fourth-order valence-electron chi connectivity index (χ4n) is 1.36. The standard InChI is InChI=1S/C10H15BrN2O4S/c1-10(2,13-18(3,15)16)6-12-9(14)7-4-5-8(11)17-7/h4-5,13H,6H2,1-3H3,(H,12,14). The third-order valence-electron chi connectivity index (χ3n) is 1.95. The molecule has 0 aliphatic carbocycles. The van der Waals surface area contributed by atoms with Gasteiger partial charge in [0, 0.05) is 12.1 Å². The van der Waals surface area contributed by atoms with Crippen LogP contribution < -0.4 is 10.0 Å². The zero-order chi connectivity index (χ0) is 14.0. The molecule has 0 saturated carbocycles. The number of sulfonamides is 1. The van der Waals surface area contributed by atoms with Crippen molar-refractivity contribution in [2.24, 2.45) is 0 Å². The highest BCUT2D eigenvalue weighted by Gasteiger charge is 2.23. The zero-order valence-corrected chi connectivity index (χ0v) is 12.7. The van der Waals surface area contributed by atoms with Crippen LogP contribution in [0.1, 0.15) is 24.4 Å². The molecule has 18 heavy (non-hydrogen) atoms. The van der Waals surface area contributed by atoms with Gasteiger partial charge in [-0.15, -0.1) is 0 Å². The highest BCUT2D eigenvalue weighted by atomic mass is 79.9. The Morgan fingerprint density at radius 2 is 2.06 bits per heavy atom. The van der Waals surface area contributed by atoms with Crippen LogP contribution in [0.2, 0.25) is 0 Å². The molecule has 6 nitrogen and oxygen atoms in total. The molecule has 0 aromatic carbocycles. The Labute approximate surface area is 114 Å². The number of rotatable bonds is 5. The third kappa shape index (κ3) is 5.19. The van der Waals surface area contributed by atoms with Crippen molar-refractivity contribution in [3.05, 3.63) is 22.6 Å². The summed E-state index contributed by atoms with van der Waals surface area (Å²) in [5.41, 5.74) is -0.771. The Hall–Kier alpha value is -0.860. The van der Waals surface area contributed by atoms with Gasteiger partial charge in [-0.25, -0.2) is 13.1 Å². The molecule has 1 aromatic rings. The van der Waals surface area contributed by atoms with E-state index in [2.05, 4.69) is 26.0 Å². The van der Waals surface area contributed by atoms with Gasteiger partial charge >= 0.3 is 0 Å². The normalized spacial score (nSPS) is 12.4. The number of carbonyl (C=O) groups excluding carboxylic acids is 1. The minimum Gasteiger partial charge on any atom is -0.444 e. The summed E-state index contributed by atoms with van der Waals surface area (Å²) < 4.78 is 30.2. The number of nitrogens with one attached hydrogen (secondary N) is 2. The quantitative estimate of drug-likeness (QED) is 0.841. The molecule has 1 heterocycles. The van der Waals surface area contributed by atoms with Crippen molar-refractivity contribution in [2.45, 2.75) is 19.4 Å². The molecule has 0 bridgehead atoms. The molecule has 0 fully saturated rings. The SMILES string of the molecule is CC(C)(CNC(=O)c1ccc(Br)o1)NS(C)(=O)=O. The Morgan fingerprint density at radius 3 is 2.50 bits per heavy atom. The highest BCUT2D eigenvalue weighted by Crippen LogP contribution is 2.14. The first-order valence-corrected chi connectivity index (χ1v) is 7.80. The van der Waals surface area contributed by atoms with E-state index in [1.165, 1.54) is 6.07 Å². The topological polar surface area (TPSA) is 88.4 Å². The molecule has 0 aliphatic rings. The van der Waals surface area contributed by atoms with E-state index in [-0.39, 0.29) is 12.3 Å². The number of amides is 1. The van der Waals surface area contributed by atoms with Crippen LogP contribution in [-0.2, 0) is 10.0 Å². The lowest BCUT2D eigenvalue weighted by Crippen LogP contribution is -2.50. The van der Waals surface area contributed by atoms with Crippen LogP contribution in [0.5, 0.6) is 0 Å². The van der Waals surface area contributed by atoms with Crippen molar-refractivity contribution in [1.29, 1.82) is 0 Å². The maximum atomic E-state index is 11.7. The van der Waals surface area contributed by atoms with Crippen molar-refractivity contribution in [1.82, 2.24) is 10.0 Å². The van der Waals surface area contributed by atoms with Gasteiger partial charge in [0.1, 0.15) is 0 Å². The highest BCUT2D eigenvalue weighted by molar-refractivity contribution is 9.10. The van der Waals surface area contributed by atoms with Crippen LogP contribution >= 0.6 is 15.9 Å². The van der Waals surface area contributed by atoms with Gasteiger partial charge in [-0.1, -0.05) is 0 Å². The molecule has 1 amide bonds. The van der Waals surface area contributed by atoms with Crippen LogP contribution in [0.3, 0.4) is 0 Å². The summed E-state index contributed by atoms with van der Waals surface area (Å²) in [6.45, 7) is 3.50. The molecule has 0 atom stereocenters. The van der Waals surface area contributed by atoms with Crippen LogP contribution in [0.25, 0.3) is 0 Å². The Morgan fingerprint density at radius 1 is 1.44 bits per heavy atom. The van der Waals surface area contributed by atoms with Crippen molar-refractivity contribution >= 4 is 31.9 Å². The van der Waals surface area contributed by atoms with Gasteiger partial charge in [-0.3, -0.25) is 4.79 Å². The van der Waals surface area contributed by atoms with E-state index in [1.807, 2.05) is 0 Å². The lowest BCUT2D eigenvalue weighted by atomic mass is 10.1. The third-order valence-corrected chi connectivity index (χ3v) is 3.30. The zero-order valence-electron chi connectivity index (χ0n) is 10.3. The second-order valence-corrected chi connectivity index (χ2v) is 7.07. The summed E-state index contributed by atoms with van der Waals surface area (Å²) in [6, 6.07) is 3.13. The van der Waals surface area contributed by atoms with E-state index in [0.29, 0.717) is 4.67 Å². The fourth-order valence-corrected chi connectivity index (χ4v) is 2.75. The molecule has 0 unspecified atom stereocenters. The number of hydrogen-bond acceptors (Lipinski definition) is 4. The lowest BCUT2D eigenvalue weighted by Gasteiger charge is -2.24. The van der Waals surface area contributed by atoms with E-state index < -0.39 is 21.5 Å². The van der Waals surface area contributed by atoms with Crippen molar-refractivity contribution in [3.8, 4) is 0 Å². The molecule has 8 heteroatoms. The predicted octanol–water partition coefficient (Wildman–Crippen LogP) is 1.10. The van der Waals surface area contributed by atoms with Crippen molar-refractivity contribution < 1.29 is 17.6 Å². The minimum atomic E-state index is -3.32. The fraction of sp³-hybridized carbons (Fsp3) is 0.500. The first-order valence-electron chi connectivity index (χ1n) is 5.11. The smallest absolute Gasteiger partial charge is 0.287 e. The summed E-state index contributed by atoms with van der Waals surface area (Å²) >= 11 is 3.09. The van der Waals surface area contributed by atoms with Gasteiger partial charge in [0.2, 0.25) is 10.0 Å². The lowest BCUT2D eigenvalue weighted by molar-refractivity contribution is 0.0915. The van der Waals surface area contributed by atoms with Gasteiger partial charge < -0.3 is 9.73 Å². The van der Waals surface area contributed by atoms with Gasteiger partial charge in [0.05, 0.1) is 6.26 Å². The van der Waals surface area contributed by atoms with Gasteiger partial charge in [-0.2, -0.15) is 0 Å². The van der Waals surface area contributed by atoms with E-state index in [9.17, 15) is 13.2 Å². The van der Waals surface area contributed by atoms with E-state index >= 15 is 0 Å². The monoisotopic (exact) mass is 338 g/mol. The predicted molar refractivity (Wildman–Crippen MR) is 70.8 cm³/mol. The molecule has 0 spiro atoms. The largest absolute Gasteiger partial charge is 0.444 e. The summed E-state index contributed by atoms with van der Waals surface area (Å²) in [7, 11) is -3.32. The maximum Gasteiger partial charge on any atom is 0.287 e. The molecule has 0 saturated heterocycles. The Kier molecular flexibility index (Phi) is 4.57. The van der Waals surface area contributed by atoms with E-state index in [4.69, 9.17) is 4.42 Å². The summed E-state index contributed by atoms with van der Waals surface area (Å²) in [4.78, 5) is 11.7. The number of hydrogen-bond donors (Lipinski definition) is 2. The molecule has 0 aliphatic heterocycles. The average molecular weight is 339 g/mol. The second kappa shape index (κ2) is 5.41. The number of halogens is 1. The molecule has 102 valence electrons. The molecule has 2 N–H and O–H groups in total. The minimum absolute atomic E-state index is 0.150. The summed E-state index contributed by atoms with van der Waals surface area (Å²) in [6.07, 6.45) is 1.07. The van der Waals surface area contributed by atoms with Crippen molar-refractivity contribution in [2.75, 3.05) is 12.8 Å². The Balaban J connectivity index is 2.57. The van der Waals surface area contributed by atoms with Crippen LogP contribution in [-0.4, -0.2) is 32.7 Å². The second-order valence-electron chi connectivity index (χ2n) is 4.54. The van der Waals surface area contributed by atoms with Crippen LogP contribution in [0, 0.1) is 0 Å². The number of carbonyl (C=O) groups is 1. The first-order chi connectivity index (χ1) is 8.09. The molecule has 1 aromatic heterocycles. The Bertz CT molecular complexity index is 536. The van der Waals surface area contributed by atoms with Gasteiger partial charge in [0.25, 0.3) is 5.91 Å². The van der Waals surface area contributed by atoms with Crippen molar-refractivity contribution in [3.63, 3.8) is 0 Å². The molecule has 0 radical (unpaired) electrons. The maximum absolute atomic E-state index is 11.7. The van der Waals surface area contributed by atoms with Gasteiger partial charge in [0.15, 0.2) is 10.4 Å². The van der Waals surface area contributed by atoms with Crippen LogP contribution in [0.15, 0.2) is 21.2 Å². The molecular formula is C10H15BrN2O4S. The summed E-state index contributed by atoms with van der Waals surface area (Å²) in [5, 5.41) is 2.59. The molecular weight excluding hydrogens is 324 g/mol. The first kappa shape index (κ1) is 15.2. The van der Waals surface area contributed by atoms with E-state index in [1.54, 1.807) is 19.9 Å². The molecule has 1 rings (SSSR count).